The summed E-state index contributed by atoms with van der Waals surface area (Å²) in [6, 6.07) is 143. The predicted molar refractivity (Wildman–Crippen MR) is 510 cm³/mol. The summed E-state index contributed by atoms with van der Waals surface area (Å²) >= 11 is 0. The Balaban J connectivity index is 0.000000140. The monoisotopic (exact) mass is 1590 g/mol. The Morgan fingerprint density at radius 1 is 0.169 bits per heavy atom. The van der Waals surface area contributed by atoms with Crippen molar-refractivity contribution in [3.8, 4) is 124 Å². The van der Waals surface area contributed by atoms with Crippen molar-refractivity contribution in [1.29, 1.82) is 0 Å². The molecule has 6 aromatic heterocycles. The molecule has 17 aromatic carbocycles. The van der Waals surface area contributed by atoms with E-state index in [-0.39, 0.29) is 10.8 Å². The minimum Gasteiger partial charge on any atom is -0.309 e. The Kier molecular flexibility index (Phi) is 16.4. The maximum absolute atomic E-state index is 5.41. The summed E-state index contributed by atoms with van der Waals surface area (Å²) in [6.07, 6.45) is 0. The van der Waals surface area contributed by atoms with E-state index in [2.05, 4.69) is 446 Å². The van der Waals surface area contributed by atoms with Crippen LogP contribution in [0, 0.1) is 0 Å². The molecule has 0 unspecified atom stereocenters. The van der Waals surface area contributed by atoms with Gasteiger partial charge < -0.3 is 9.13 Å². The lowest BCUT2D eigenvalue weighted by Crippen LogP contribution is -2.15. The molecule has 0 amide bonds. The second-order valence-electron chi connectivity index (χ2n) is 33.7. The molecule has 0 saturated heterocycles. The highest BCUT2D eigenvalue weighted by molar-refractivity contribution is 6.14. The van der Waals surface area contributed by atoms with Crippen molar-refractivity contribution in [3.63, 3.8) is 0 Å². The fourth-order valence-electron chi connectivity index (χ4n) is 19.9. The van der Waals surface area contributed by atoms with Gasteiger partial charge in [-0.1, -0.05) is 325 Å². The minimum absolute atomic E-state index is 0.167. The zero-order chi connectivity index (χ0) is 82.5. The summed E-state index contributed by atoms with van der Waals surface area (Å²) in [7, 11) is 0. The smallest absolute Gasteiger partial charge is 0.238 e. The first-order valence-corrected chi connectivity index (χ1v) is 42.5. The molecule has 0 radical (unpaired) electrons. The third-order valence-corrected chi connectivity index (χ3v) is 26.0. The molecule has 0 N–H and O–H groups in total. The van der Waals surface area contributed by atoms with Gasteiger partial charge in [0.05, 0.1) is 44.1 Å². The van der Waals surface area contributed by atoms with Gasteiger partial charge >= 0.3 is 0 Å². The number of nitrogens with zero attached hydrogens (tertiary/aromatic N) is 10. The van der Waals surface area contributed by atoms with Crippen LogP contribution in [0.4, 0.5) is 0 Å². The van der Waals surface area contributed by atoms with E-state index in [1.54, 1.807) is 0 Å². The van der Waals surface area contributed by atoms with Gasteiger partial charge in [0, 0.05) is 87.5 Å². The summed E-state index contributed by atoms with van der Waals surface area (Å²) < 4.78 is 9.13. The molecule has 6 heterocycles. The molecular formula is C114H78N10. The molecule has 23 aromatic rings. The number of fused-ring (bicyclic) bond motifs is 18. The molecule has 0 aliphatic heterocycles. The third kappa shape index (κ3) is 11.5. The van der Waals surface area contributed by atoms with E-state index in [0.717, 1.165) is 105 Å². The van der Waals surface area contributed by atoms with Crippen LogP contribution in [0.1, 0.15) is 49.9 Å². The van der Waals surface area contributed by atoms with E-state index < -0.39 is 0 Å². The van der Waals surface area contributed by atoms with Gasteiger partial charge in [-0.05, 0) is 181 Å². The van der Waals surface area contributed by atoms with Gasteiger partial charge in [-0.3, -0.25) is 9.13 Å². The molecule has 584 valence electrons. The Morgan fingerprint density at radius 2 is 0.460 bits per heavy atom. The maximum Gasteiger partial charge on any atom is 0.238 e. The molecule has 10 nitrogen and oxygen atoms in total. The van der Waals surface area contributed by atoms with Gasteiger partial charge in [0.25, 0.3) is 0 Å². The summed E-state index contributed by atoms with van der Waals surface area (Å²) in [5.74, 6) is 3.63. The van der Waals surface area contributed by atoms with E-state index in [1.165, 1.54) is 93.9 Å². The lowest BCUT2D eigenvalue weighted by Gasteiger charge is -2.21. The minimum atomic E-state index is -0.178. The topological polar surface area (TPSA) is 97.1 Å². The molecule has 2 aliphatic rings. The number of rotatable bonds is 11. The van der Waals surface area contributed by atoms with E-state index >= 15 is 0 Å². The van der Waals surface area contributed by atoms with Crippen molar-refractivity contribution >= 4 is 87.2 Å². The molecule has 10 heteroatoms. The Hall–Kier alpha value is -16.0. The zero-order valence-electron chi connectivity index (χ0n) is 68.6. The van der Waals surface area contributed by atoms with Crippen molar-refractivity contribution in [1.82, 2.24) is 48.2 Å². The van der Waals surface area contributed by atoms with Gasteiger partial charge in [0.15, 0.2) is 23.3 Å². The van der Waals surface area contributed by atoms with Crippen LogP contribution >= 0.6 is 0 Å². The second-order valence-corrected chi connectivity index (χ2v) is 33.7. The molecule has 0 atom stereocenters. The lowest BCUT2D eigenvalue weighted by molar-refractivity contribution is 0.660. The molecular weight excluding hydrogens is 1510 g/mol. The highest BCUT2D eigenvalue weighted by Crippen LogP contribution is 2.52. The normalized spacial score (nSPS) is 13.0. The van der Waals surface area contributed by atoms with Crippen molar-refractivity contribution in [2.75, 3.05) is 0 Å². The summed E-state index contributed by atoms with van der Waals surface area (Å²) in [5.41, 5.74) is 31.6. The number of hydrogen-bond acceptors (Lipinski definition) is 6. The highest BCUT2D eigenvalue weighted by Gasteiger charge is 2.38. The Morgan fingerprint density at radius 3 is 0.895 bits per heavy atom. The number of aromatic nitrogens is 10. The van der Waals surface area contributed by atoms with Crippen molar-refractivity contribution < 1.29 is 0 Å². The van der Waals surface area contributed by atoms with Crippen LogP contribution < -0.4 is 0 Å². The fraction of sp³-hybridized carbons (Fsp3) is 0.0526. The molecule has 0 bridgehead atoms. The van der Waals surface area contributed by atoms with Crippen LogP contribution in [0.3, 0.4) is 0 Å². The van der Waals surface area contributed by atoms with Crippen LogP contribution in [-0.2, 0) is 10.8 Å². The van der Waals surface area contributed by atoms with Crippen molar-refractivity contribution in [3.05, 3.63) is 423 Å². The van der Waals surface area contributed by atoms with E-state index in [9.17, 15) is 0 Å². The van der Waals surface area contributed by atoms with Crippen LogP contribution in [-0.4, -0.2) is 48.2 Å². The summed E-state index contributed by atoms with van der Waals surface area (Å²) in [5, 5.41) is 9.39. The number of hydrogen-bond donors (Lipinski definition) is 0. The average molecular weight is 1590 g/mol. The first kappa shape index (κ1) is 72.0. The van der Waals surface area contributed by atoms with Crippen molar-refractivity contribution in [2.45, 2.75) is 38.5 Å². The average Bonchev–Trinajstić information content (AvgIpc) is 1.60. The standard InChI is InChI=1S/C60H41N5.C54H37N5/c1-60(2)51-25-12-9-22-45(51)46-31-28-43(37-52(46)60)58-61-57(62-59(63-58)65-54-27-14-11-24-48(54)50-36-41(30-33-56(50)65)39-18-7-4-8-19-39)42-20-15-21-44(34-42)64-53-26-13-10-23-47(53)49-35-40(29-32-55(49)64)38-16-5-3-6-17-38;1-54(2)45-22-12-9-19-39(45)40-28-25-36(32-46(40)54)51-55-52(37-26-29-43-41-20-10-13-23-47(41)58(50(43)33-37)38-17-7-4-8-18-38)57-53(56-51)59-48-24-14-11-21-42(48)44-31-35(27-30-49(44)59)34-15-5-3-6-16-34/h3-37H,1-2H3;3-33H,1-2H3. The van der Waals surface area contributed by atoms with Crippen LogP contribution in [0.2, 0.25) is 0 Å². The quantitative estimate of drug-likeness (QED) is 0.128. The van der Waals surface area contributed by atoms with E-state index in [1.807, 2.05) is 0 Å². The molecule has 0 fully saturated rings. The number of para-hydroxylation sites is 5. The largest absolute Gasteiger partial charge is 0.309 e. The third-order valence-electron chi connectivity index (χ3n) is 26.0. The van der Waals surface area contributed by atoms with Gasteiger partial charge in [0.1, 0.15) is 0 Å². The molecule has 124 heavy (non-hydrogen) atoms. The zero-order valence-corrected chi connectivity index (χ0v) is 68.6. The van der Waals surface area contributed by atoms with Crippen LogP contribution in [0.5, 0.6) is 0 Å². The number of benzene rings is 17. The van der Waals surface area contributed by atoms with Gasteiger partial charge in [0.2, 0.25) is 11.9 Å². The fourth-order valence-corrected chi connectivity index (χ4v) is 19.9. The van der Waals surface area contributed by atoms with Gasteiger partial charge in [-0.2, -0.15) is 19.9 Å². The summed E-state index contributed by atoms with van der Waals surface area (Å²) in [4.78, 5) is 32.3. The highest BCUT2D eigenvalue weighted by atomic mass is 15.2. The first-order chi connectivity index (χ1) is 61.0. The first-order valence-electron chi connectivity index (χ1n) is 42.5. The lowest BCUT2D eigenvalue weighted by atomic mass is 9.82. The SMILES string of the molecule is CC1(C)c2ccccc2-c2ccc(-c3nc(-c4ccc5c6ccccc6n(-c6ccccc6)c5c4)nc(-n4c5ccccc5c5cc(-c6ccccc6)ccc54)n3)cc21.CC1(C)c2ccccc2-c2ccc(-c3nc(-c4cccc(-n5c6ccccc6c6cc(-c7ccccc7)ccc65)c4)nc(-n4c5ccccc5c5cc(-c6ccccc6)ccc54)n3)cc21. The van der Waals surface area contributed by atoms with Crippen LogP contribution in [0.15, 0.2) is 400 Å². The Labute approximate surface area is 716 Å². The molecule has 0 spiro atoms. The van der Waals surface area contributed by atoms with Gasteiger partial charge in [-0.25, -0.2) is 9.97 Å². The van der Waals surface area contributed by atoms with Gasteiger partial charge in [-0.15, -0.1) is 0 Å². The van der Waals surface area contributed by atoms with Crippen LogP contribution in [0.25, 0.3) is 212 Å². The Bertz CT molecular complexity index is 8290. The maximum atomic E-state index is 5.41. The second kappa shape index (κ2) is 28.3. The van der Waals surface area contributed by atoms with Crippen molar-refractivity contribution in [2.24, 2.45) is 0 Å². The van der Waals surface area contributed by atoms with E-state index in [4.69, 9.17) is 29.9 Å². The van der Waals surface area contributed by atoms with E-state index in [0.29, 0.717) is 35.2 Å². The molecule has 25 rings (SSSR count). The summed E-state index contributed by atoms with van der Waals surface area (Å²) in [6.45, 7) is 9.26. The predicted octanol–water partition coefficient (Wildman–Crippen LogP) is 28.4. The molecule has 2 aliphatic carbocycles. The molecule has 0 saturated carbocycles.